The molecule has 1 aliphatic rings. The number of methoxy groups -OCH3 is 1. The molecule has 1 aromatic carbocycles. The Morgan fingerprint density at radius 2 is 1.84 bits per heavy atom. The summed E-state index contributed by atoms with van der Waals surface area (Å²) in [5.41, 5.74) is 1.66. The van der Waals surface area contributed by atoms with Gasteiger partial charge in [0.2, 0.25) is 0 Å². The van der Waals surface area contributed by atoms with Gasteiger partial charge in [0.1, 0.15) is 11.5 Å². The first-order valence-electron chi connectivity index (χ1n) is 5.88. The quantitative estimate of drug-likeness (QED) is 0.730. The maximum Gasteiger partial charge on any atom is 0.192 e. The third-order valence-electron chi connectivity index (χ3n) is 2.90. The Morgan fingerprint density at radius 1 is 1.16 bits per heavy atom. The normalized spacial score (nSPS) is 23.3. The molecule has 0 aromatic heterocycles. The van der Waals surface area contributed by atoms with Gasteiger partial charge in [-0.05, 0) is 29.3 Å². The van der Waals surface area contributed by atoms with Crippen molar-refractivity contribution in [2.24, 2.45) is 0 Å². The van der Waals surface area contributed by atoms with Gasteiger partial charge < -0.3 is 20.1 Å². The van der Waals surface area contributed by atoms with E-state index in [1.807, 2.05) is 6.08 Å². The molecule has 4 heteroatoms. The van der Waals surface area contributed by atoms with Crippen molar-refractivity contribution in [3.8, 4) is 5.75 Å². The lowest BCUT2D eigenvalue weighted by Gasteiger charge is -2.26. The van der Waals surface area contributed by atoms with Crippen LogP contribution in [0.25, 0.3) is 6.08 Å². The SMILES string of the molecule is COC1(O)C=C(O)C=C(C=Cc2ccc(O)cc2)C1. The molecule has 0 heterocycles. The van der Waals surface area contributed by atoms with Crippen LogP contribution in [0.2, 0.25) is 0 Å². The lowest BCUT2D eigenvalue weighted by Crippen LogP contribution is -2.31. The number of aliphatic hydroxyl groups excluding tert-OH is 1. The van der Waals surface area contributed by atoms with E-state index < -0.39 is 5.79 Å². The molecule has 1 aromatic rings. The molecule has 1 unspecified atom stereocenters. The van der Waals surface area contributed by atoms with E-state index in [1.165, 1.54) is 13.2 Å². The van der Waals surface area contributed by atoms with Gasteiger partial charge in [0.05, 0.1) is 0 Å². The fourth-order valence-corrected chi connectivity index (χ4v) is 1.88. The third kappa shape index (κ3) is 3.47. The fraction of sp³-hybridized carbons (Fsp3) is 0.200. The Morgan fingerprint density at radius 3 is 2.47 bits per heavy atom. The van der Waals surface area contributed by atoms with Crippen LogP contribution in [-0.2, 0) is 4.74 Å². The number of aliphatic hydroxyl groups is 2. The molecule has 1 aliphatic carbocycles. The Balaban J connectivity index is 2.15. The lowest BCUT2D eigenvalue weighted by atomic mass is 9.97. The molecular weight excluding hydrogens is 244 g/mol. The first-order chi connectivity index (χ1) is 9.00. The Hall–Kier alpha value is -2.04. The summed E-state index contributed by atoms with van der Waals surface area (Å²) in [4.78, 5) is 0. The Labute approximate surface area is 111 Å². The van der Waals surface area contributed by atoms with Gasteiger partial charge >= 0.3 is 0 Å². The van der Waals surface area contributed by atoms with Crippen molar-refractivity contribution >= 4 is 6.08 Å². The summed E-state index contributed by atoms with van der Waals surface area (Å²) >= 11 is 0. The van der Waals surface area contributed by atoms with Crippen LogP contribution in [0.5, 0.6) is 5.75 Å². The number of phenolic OH excluding ortho intramolecular Hbond substituents is 1. The molecule has 4 nitrogen and oxygen atoms in total. The van der Waals surface area contributed by atoms with Crippen LogP contribution in [-0.4, -0.2) is 28.2 Å². The van der Waals surface area contributed by atoms with Crippen LogP contribution in [0, 0.1) is 0 Å². The van der Waals surface area contributed by atoms with Crippen LogP contribution in [0.4, 0.5) is 0 Å². The largest absolute Gasteiger partial charge is 0.508 e. The van der Waals surface area contributed by atoms with Crippen LogP contribution < -0.4 is 0 Å². The molecule has 0 bridgehead atoms. The summed E-state index contributed by atoms with van der Waals surface area (Å²) in [7, 11) is 1.39. The zero-order valence-electron chi connectivity index (χ0n) is 10.6. The Bertz CT molecular complexity index is 540. The van der Waals surface area contributed by atoms with Crippen molar-refractivity contribution < 1.29 is 20.1 Å². The summed E-state index contributed by atoms with van der Waals surface area (Å²) in [6.45, 7) is 0. The number of allylic oxidation sites excluding steroid dienone is 2. The van der Waals surface area contributed by atoms with Gasteiger partial charge in [-0.2, -0.15) is 0 Å². The van der Waals surface area contributed by atoms with E-state index in [0.717, 1.165) is 11.1 Å². The number of ether oxygens (including phenoxy) is 1. The zero-order chi connectivity index (χ0) is 13.9. The molecule has 2 rings (SSSR count). The van der Waals surface area contributed by atoms with Crippen LogP contribution >= 0.6 is 0 Å². The molecule has 1 atom stereocenters. The lowest BCUT2D eigenvalue weighted by molar-refractivity contribution is -0.146. The van der Waals surface area contributed by atoms with Crippen molar-refractivity contribution in [2.45, 2.75) is 12.2 Å². The second-order valence-electron chi connectivity index (χ2n) is 4.44. The molecule has 0 spiro atoms. The zero-order valence-corrected chi connectivity index (χ0v) is 10.6. The summed E-state index contributed by atoms with van der Waals surface area (Å²) in [6, 6.07) is 6.73. The third-order valence-corrected chi connectivity index (χ3v) is 2.90. The highest BCUT2D eigenvalue weighted by atomic mass is 16.6. The first kappa shape index (κ1) is 13.4. The van der Waals surface area contributed by atoms with E-state index in [9.17, 15) is 15.3 Å². The van der Waals surface area contributed by atoms with Crippen molar-refractivity contribution in [3.05, 3.63) is 59.4 Å². The van der Waals surface area contributed by atoms with Crippen LogP contribution in [0.1, 0.15) is 12.0 Å². The van der Waals surface area contributed by atoms with Gasteiger partial charge in [0.25, 0.3) is 0 Å². The second kappa shape index (κ2) is 5.30. The van der Waals surface area contributed by atoms with Gasteiger partial charge in [0.15, 0.2) is 5.79 Å². The van der Waals surface area contributed by atoms with Crippen molar-refractivity contribution in [2.75, 3.05) is 7.11 Å². The summed E-state index contributed by atoms with van der Waals surface area (Å²) in [5.74, 6) is -1.28. The highest BCUT2D eigenvalue weighted by molar-refractivity contribution is 5.55. The number of hydrogen-bond donors (Lipinski definition) is 3. The number of phenols is 1. The Kier molecular flexibility index (Phi) is 3.74. The van der Waals surface area contributed by atoms with Gasteiger partial charge in [-0.1, -0.05) is 24.3 Å². The van der Waals surface area contributed by atoms with Gasteiger partial charge in [-0.15, -0.1) is 0 Å². The van der Waals surface area contributed by atoms with E-state index in [1.54, 1.807) is 36.4 Å². The topological polar surface area (TPSA) is 69.9 Å². The van der Waals surface area contributed by atoms with E-state index >= 15 is 0 Å². The van der Waals surface area contributed by atoms with Gasteiger partial charge in [-0.25, -0.2) is 0 Å². The predicted octanol–water partition coefficient (Wildman–Crippen LogP) is 2.51. The highest BCUT2D eigenvalue weighted by Gasteiger charge is 2.28. The monoisotopic (exact) mass is 260 g/mol. The molecule has 0 amide bonds. The molecule has 100 valence electrons. The number of aromatic hydroxyl groups is 1. The number of rotatable bonds is 3. The minimum Gasteiger partial charge on any atom is -0.508 e. The van der Waals surface area contributed by atoms with Crippen LogP contribution in [0.3, 0.4) is 0 Å². The maximum absolute atomic E-state index is 9.99. The smallest absolute Gasteiger partial charge is 0.192 e. The van der Waals surface area contributed by atoms with Gasteiger partial charge in [0, 0.05) is 19.6 Å². The highest BCUT2D eigenvalue weighted by Crippen LogP contribution is 2.27. The average Bonchev–Trinajstić information content (AvgIpc) is 2.37. The van der Waals surface area contributed by atoms with Crippen molar-refractivity contribution in [3.63, 3.8) is 0 Å². The minimum atomic E-state index is -1.46. The second-order valence-corrected chi connectivity index (χ2v) is 4.44. The molecule has 0 saturated carbocycles. The molecule has 0 aliphatic heterocycles. The summed E-state index contributed by atoms with van der Waals surface area (Å²) in [5, 5.41) is 28.7. The van der Waals surface area contributed by atoms with E-state index in [2.05, 4.69) is 0 Å². The average molecular weight is 260 g/mol. The van der Waals surface area contributed by atoms with Gasteiger partial charge in [-0.3, -0.25) is 0 Å². The summed E-state index contributed by atoms with van der Waals surface area (Å²) < 4.78 is 4.96. The van der Waals surface area contributed by atoms with E-state index in [-0.39, 0.29) is 17.9 Å². The first-order valence-corrected chi connectivity index (χ1v) is 5.88. The number of benzene rings is 1. The molecular formula is C15H16O4. The summed E-state index contributed by atoms with van der Waals surface area (Å²) in [6.07, 6.45) is 6.73. The number of hydrogen-bond acceptors (Lipinski definition) is 4. The maximum atomic E-state index is 9.99. The molecule has 3 N–H and O–H groups in total. The predicted molar refractivity (Wildman–Crippen MR) is 72.5 cm³/mol. The van der Waals surface area contributed by atoms with Crippen molar-refractivity contribution in [1.82, 2.24) is 0 Å². The molecule has 0 radical (unpaired) electrons. The van der Waals surface area contributed by atoms with E-state index in [0.29, 0.717) is 0 Å². The molecule has 0 fully saturated rings. The standard InChI is InChI=1S/C15H16O4/c1-19-15(18)9-12(8-14(17)10-15)3-2-11-4-6-13(16)7-5-11/h2-8,10,16-18H,9H2,1H3. The fourth-order valence-electron chi connectivity index (χ4n) is 1.88. The molecule has 19 heavy (non-hydrogen) atoms. The van der Waals surface area contributed by atoms with Crippen molar-refractivity contribution in [1.29, 1.82) is 0 Å². The van der Waals surface area contributed by atoms with Crippen LogP contribution in [0.15, 0.2) is 53.8 Å². The minimum absolute atomic E-state index is 0.0269. The van der Waals surface area contributed by atoms with E-state index in [4.69, 9.17) is 4.74 Å². The molecule has 0 saturated heterocycles.